The van der Waals surface area contributed by atoms with Gasteiger partial charge in [0.15, 0.2) is 0 Å². The zero-order valence-electron chi connectivity index (χ0n) is 12.6. The molecule has 0 N–H and O–H groups in total. The van der Waals surface area contributed by atoms with Crippen LogP contribution < -0.4 is 0 Å². The van der Waals surface area contributed by atoms with E-state index in [2.05, 4.69) is 64.4 Å². The van der Waals surface area contributed by atoms with Gasteiger partial charge in [-0.25, -0.2) is 0 Å². The fourth-order valence-corrected chi connectivity index (χ4v) is 5.23. The van der Waals surface area contributed by atoms with Crippen LogP contribution in [0.1, 0.15) is 16.7 Å². The molecule has 0 amide bonds. The average molecular weight is 265 g/mol. The minimum absolute atomic E-state index is 0.991. The molecule has 17 heavy (non-hydrogen) atoms. The summed E-state index contributed by atoms with van der Waals surface area (Å²) in [5, 5.41) is 0. The van der Waals surface area contributed by atoms with Crippen LogP contribution >= 0.6 is 0 Å². The molecule has 0 heterocycles. The number of hydrogen-bond donors (Lipinski definition) is 0. The van der Waals surface area contributed by atoms with E-state index in [0.717, 1.165) is 0 Å². The van der Waals surface area contributed by atoms with Crippen molar-refractivity contribution in [2.75, 3.05) is 0 Å². The summed E-state index contributed by atoms with van der Waals surface area (Å²) in [5.41, 5.74) is 4.57. The summed E-state index contributed by atoms with van der Waals surface area (Å²) in [5.74, 6) is 0. The third-order valence-corrected chi connectivity index (χ3v) is 5.60. The number of rotatable bonds is 4. The topological polar surface area (TPSA) is 0 Å². The van der Waals surface area contributed by atoms with Crippen molar-refractivity contribution in [2.45, 2.75) is 58.3 Å². The standard InChI is InChI=1S/C15H28Si2/c1-13-8-14(11-16(2,3)4)10-15(9-13)12-17(5,6)7/h8-10H,11-12H2,1-7H3. The second-order valence-electron chi connectivity index (χ2n) is 7.80. The quantitative estimate of drug-likeness (QED) is 0.683. The average Bonchev–Trinajstić information content (AvgIpc) is 1.93. The van der Waals surface area contributed by atoms with Crippen molar-refractivity contribution in [3.8, 4) is 0 Å². The van der Waals surface area contributed by atoms with Gasteiger partial charge >= 0.3 is 0 Å². The van der Waals surface area contributed by atoms with Gasteiger partial charge in [0.25, 0.3) is 0 Å². The van der Waals surface area contributed by atoms with Crippen molar-refractivity contribution in [1.29, 1.82) is 0 Å². The van der Waals surface area contributed by atoms with Crippen molar-refractivity contribution in [3.05, 3.63) is 34.9 Å². The molecular formula is C15H28Si2. The van der Waals surface area contributed by atoms with E-state index in [9.17, 15) is 0 Å². The van der Waals surface area contributed by atoms with Gasteiger partial charge < -0.3 is 0 Å². The van der Waals surface area contributed by atoms with Crippen LogP contribution in [0.5, 0.6) is 0 Å². The minimum Gasteiger partial charge on any atom is -0.0693 e. The van der Waals surface area contributed by atoms with Gasteiger partial charge in [0.05, 0.1) is 0 Å². The van der Waals surface area contributed by atoms with Crippen LogP contribution in [0.25, 0.3) is 0 Å². The maximum Gasteiger partial charge on any atom is 0.0487 e. The Bertz CT molecular complexity index is 347. The second-order valence-corrected chi connectivity index (χ2v) is 18.8. The fourth-order valence-electron chi connectivity index (χ4n) is 2.38. The van der Waals surface area contributed by atoms with E-state index in [1.165, 1.54) is 17.7 Å². The van der Waals surface area contributed by atoms with Crippen LogP contribution in [0, 0.1) is 6.92 Å². The molecule has 0 saturated carbocycles. The van der Waals surface area contributed by atoms with E-state index in [1.54, 1.807) is 11.1 Å². The predicted molar refractivity (Wildman–Crippen MR) is 85.3 cm³/mol. The van der Waals surface area contributed by atoms with Crippen LogP contribution in [0.15, 0.2) is 18.2 Å². The fraction of sp³-hybridized carbons (Fsp3) is 0.600. The zero-order valence-corrected chi connectivity index (χ0v) is 14.6. The second kappa shape index (κ2) is 5.11. The Morgan fingerprint density at radius 2 is 1.06 bits per heavy atom. The van der Waals surface area contributed by atoms with Crippen molar-refractivity contribution >= 4 is 16.1 Å². The van der Waals surface area contributed by atoms with E-state index < -0.39 is 16.1 Å². The highest BCUT2D eigenvalue weighted by Gasteiger charge is 2.17. The summed E-state index contributed by atoms with van der Waals surface area (Å²) >= 11 is 0. The van der Waals surface area contributed by atoms with Gasteiger partial charge in [-0.2, -0.15) is 0 Å². The van der Waals surface area contributed by atoms with Gasteiger partial charge in [-0.3, -0.25) is 0 Å². The van der Waals surface area contributed by atoms with Crippen molar-refractivity contribution in [1.82, 2.24) is 0 Å². The van der Waals surface area contributed by atoms with Crippen molar-refractivity contribution in [3.63, 3.8) is 0 Å². The van der Waals surface area contributed by atoms with Gasteiger partial charge in [0.1, 0.15) is 0 Å². The lowest BCUT2D eigenvalue weighted by molar-refractivity contribution is 1.21. The number of benzene rings is 1. The van der Waals surface area contributed by atoms with Crippen LogP contribution in [-0.4, -0.2) is 16.1 Å². The van der Waals surface area contributed by atoms with E-state index in [4.69, 9.17) is 0 Å². The molecular weight excluding hydrogens is 236 g/mol. The third-order valence-electron chi connectivity index (χ3n) is 2.67. The van der Waals surface area contributed by atoms with E-state index >= 15 is 0 Å². The molecule has 0 atom stereocenters. The molecule has 0 aliphatic carbocycles. The van der Waals surface area contributed by atoms with E-state index in [0.29, 0.717) is 0 Å². The molecule has 0 aliphatic heterocycles. The molecule has 0 bridgehead atoms. The summed E-state index contributed by atoms with van der Waals surface area (Å²) in [6, 6.07) is 9.85. The van der Waals surface area contributed by atoms with Crippen LogP contribution in [0.3, 0.4) is 0 Å². The highest BCUT2D eigenvalue weighted by Crippen LogP contribution is 2.19. The first-order chi connectivity index (χ1) is 7.55. The SMILES string of the molecule is Cc1cc(C[Si](C)(C)C)cc(C[Si](C)(C)C)c1. The molecule has 0 aliphatic rings. The molecule has 0 nitrogen and oxygen atoms in total. The lowest BCUT2D eigenvalue weighted by Gasteiger charge is -2.20. The molecule has 0 saturated heterocycles. The Morgan fingerprint density at radius 1 is 0.706 bits per heavy atom. The minimum atomic E-state index is -0.991. The predicted octanol–water partition coefficient (Wildman–Crippen LogP) is 4.83. The molecule has 0 fully saturated rings. The largest absolute Gasteiger partial charge is 0.0693 e. The van der Waals surface area contributed by atoms with Gasteiger partial charge in [0, 0.05) is 16.1 Å². The first kappa shape index (κ1) is 14.7. The molecule has 1 rings (SSSR count). The monoisotopic (exact) mass is 264 g/mol. The molecule has 0 radical (unpaired) electrons. The summed E-state index contributed by atoms with van der Waals surface area (Å²) in [7, 11) is -1.98. The molecule has 0 spiro atoms. The van der Waals surface area contributed by atoms with Gasteiger partial charge in [-0.05, 0) is 19.0 Å². The lowest BCUT2D eigenvalue weighted by Crippen LogP contribution is -2.25. The van der Waals surface area contributed by atoms with Gasteiger partial charge in [0.2, 0.25) is 0 Å². The smallest absolute Gasteiger partial charge is 0.0487 e. The maximum atomic E-state index is 2.46. The Kier molecular flexibility index (Phi) is 4.42. The number of hydrogen-bond acceptors (Lipinski definition) is 0. The Balaban J connectivity index is 2.95. The van der Waals surface area contributed by atoms with Gasteiger partial charge in [-0.15, -0.1) is 0 Å². The summed E-state index contributed by atoms with van der Waals surface area (Å²) < 4.78 is 0. The Hall–Kier alpha value is -0.346. The normalized spacial score (nSPS) is 12.9. The highest BCUT2D eigenvalue weighted by molar-refractivity contribution is 6.76. The Morgan fingerprint density at radius 3 is 1.35 bits per heavy atom. The van der Waals surface area contributed by atoms with Crippen molar-refractivity contribution in [2.24, 2.45) is 0 Å². The molecule has 96 valence electrons. The third kappa shape index (κ3) is 6.22. The summed E-state index contributed by atoms with van der Waals surface area (Å²) in [6.07, 6.45) is 0. The van der Waals surface area contributed by atoms with Crippen LogP contribution in [0.2, 0.25) is 39.3 Å². The van der Waals surface area contributed by atoms with Crippen LogP contribution in [0.4, 0.5) is 0 Å². The van der Waals surface area contributed by atoms with E-state index in [1.807, 2.05) is 0 Å². The molecule has 0 unspecified atom stereocenters. The molecule has 1 aromatic carbocycles. The lowest BCUT2D eigenvalue weighted by atomic mass is 10.1. The zero-order chi connectivity index (χ0) is 13.3. The number of aryl methyl sites for hydroxylation is 1. The van der Waals surface area contributed by atoms with Crippen LogP contribution in [-0.2, 0) is 12.1 Å². The molecule has 0 aromatic heterocycles. The van der Waals surface area contributed by atoms with Gasteiger partial charge in [-0.1, -0.05) is 74.2 Å². The Labute approximate surface area is 109 Å². The summed E-state index contributed by atoms with van der Waals surface area (Å²) in [6.45, 7) is 16.9. The van der Waals surface area contributed by atoms with Crippen molar-refractivity contribution < 1.29 is 0 Å². The molecule has 2 heteroatoms. The first-order valence-electron chi connectivity index (χ1n) is 6.65. The maximum absolute atomic E-state index is 2.46. The highest BCUT2D eigenvalue weighted by atomic mass is 28.3. The summed E-state index contributed by atoms with van der Waals surface area (Å²) in [4.78, 5) is 0. The van der Waals surface area contributed by atoms with E-state index in [-0.39, 0.29) is 0 Å². The first-order valence-corrected chi connectivity index (χ1v) is 14.1. The molecule has 1 aromatic rings.